The molecule has 0 aromatic heterocycles. The number of hydrogen-bond donors (Lipinski definition) is 1. The molecule has 5 nitrogen and oxygen atoms in total. The molecule has 0 atom stereocenters. The molecule has 1 aliphatic rings. The molecule has 98 valence electrons. The molecule has 1 fully saturated rings. The van der Waals surface area contributed by atoms with E-state index in [1.807, 2.05) is 0 Å². The molecule has 0 unspecified atom stereocenters. The van der Waals surface area contributed by atoms with Crippen molar-refractivity contribution < 1.29 is 22.7 Å². The summed E-state index contributed by atoms with van der Waals surface area (Å²) in [5.74, 6) is -1.36. The maximum Gasteiger partial charge on any atom is 0.448 e. The van der Waals surface area contributed by atoms with E-state index in [0.29, 0.717) is 0 Å². The molecule has 0 bridgehead atoms. The molecule has 1 aliphatic heterocycles. The van der Waals surface area contributed by atoms with E-state index in [1.165, 1.54) is 4.90 Å². The van der Waals surface area contributed by atoms with Crippen LogP contribution in [0.4, 0.5) is 18.0 Å². The van der Waals surface area contributed by atoms with E-state index < -0.39 is 18.1 Å². The van der Waals surface area contributed by atoms with E-state index in [0.717, 1.165) is 4.90 Å². The Balaban J connectivity index is 2.46. The van der Waals surface area contributed by atoms with E-state index in [2.05, 4.69) is 0 Å². The first-order chi connectivity index (χ1) is 7.86. The Morgan fingerprint density at radius 2 is 1.71 bits per heavy atom. The van der Waals surface area contributed by atoms with Gasteiger partial charge in [0.2, 0.25) is 5.84 Å². The maximum atomic E-state index is 12.2. The molecule has 1 N–H and O–H groups in total. The summed E-state index contributed by atoms with van der Waals surface area (Å²) < 4.78 is 41.5. The first-order valence-corrected chi connectivity index (χ1v) is 5.18. The van der Waals surface area contributed by atoms with Crippen LogP contribution in [-0.4, -0.2) is 60.7 Å². The van der Waals surface area contributed by atoms with Crippen molar-refractivity contribution in [2.24, 2.45) is 0 Å². The first kappa shape index (κ1) is 13.6. The van der Waals surface area contributed by atoms with Gasteiger partial charge in [-0.15, -0.1) is 0 Å². The van der Waals surface area contributed by atoms with Crippen LogP contribution in [0.25, 0.3) is 0 Å². The van der Waals surface area contributed by atoms with Gasteiger partial charge in [-0.1, -0.05) is 0 Å². The van der Waals surface area contributed by atoms with Crippen molar-refractivity contribution in [1.29, 1.82) is 5.41 Å². The molecule has 0 aliphatic carbocycles. The smallest absolute Gasteiger partial charge is 0.448 e. The number of nitrogens with zero attached hydrogens (tertiary/aromatic N) is 2. The maximum absolute atomic E-state index is 12.2. The molecule has 0 spiro atoms. The summed E-state index contributed by atoms with van der Waals surface area (Å²) in [6.45, 7) is 2.16. The van der Waals surface area contributed by atoms with Gasteiger partial charge in [-0.05, 0) is 6.92 Å². The number of amides is 1. The van der Waals surface area contributed by atoms with Crippen LogP contribution in [0.1, 0.15) is 6.92 Å². The lowest BCUT2D eigenvalue weighted by Crippen LogP contribution is -2.53. The Kier molecular flexibility index (Phi) is 4.19. The average Bonchev–Trinajstić information content (AvgIpc) is 2.27. The lowest BCUT2D eigenvalue weighted by molar-refractivity contribution is -0.0712. The van der Waals surface area contributed by atoms with Crippen LogP contribution in [0, 0.1) is 5.41 Å². The Morgan fingerprint density at radius 3 is 2.12 bits per heavy atom. The fourth-order valence-electron chi connectivity index (χ4n) is 1.51. The number of rotatable bonds is 1. The zero-order valence-corrected chi connectivity index (χ0v) is 9.38. The highest BCUT2D eigenvalue weighted by atomic mass is 19.4. The minimum absolute atomic E-state index is 0.00282. The Hall–Kier alpha value is -1.47. The molecule has 0 radical (unpaired) electrons. The zero-order chi connectivity index (χ0) is 13.1. The van der Waals surface area contributed by atoms with E-state index in [-0.39, 0.29) is 32.8 Å². The molecule has 8 heteroatoms. The van der Waals surface area contributed by atoms with Crippen LogP contribution in [0.5, 0.6) is 0 Å². The predicted molar refractivity (Wildman–Crippen MR) is 53.9 cm³/mol. The van der Waals surface area contributed by atoms with Crippen LogP contribution in [0.2, 0.25) is 0 Å². The van der Waals surface area contributed by atoms with Crippen molar-refractivity contribution in [2.75, 3.05) is 32.8 Å². The van der Waals surface area contributed by atoms with Gasteiger partial charge < -0.3 is 14.5 Å². The van der Waals surface area contributed by atoms with Gasteiger partial charge in [-0.3, -0.25) is 5.41 Å². The molecule has 1 saturated heterocycles. The van der Waals surface area contributed by atoms with E-state index in [9.17, 15) is 18.0 Å². The second-order valence-corrected chi connectivity index (χ2v) is 3.52. The number of hydrogen-bond acceptors (Lipinski definition) is 3. The normalized spacial score (nSPS) is 16.9. The number of halogens is 3. The number of ether oxygens (including phenoxy) is 1. The third-order valence-electron chi connectivity index (χ3n) is 2.39. The first-order valence-electron chi connectivity index (χ1n) is 5.18. The Labute approximate surface area is 96.6 Å². The van der Waals surface area contributed by atoms with Crippen LogP contribution in [0.15, 0.2) is 0 Å². The summed E-state index contributed by atoms with van der Waals surface area (Å²) in [6, 6.07) is 0. The summed E-state index contributed by atoms with van der Waals surface area (Å²) in [6.07, 6.45) is -5.16. The Morgan fingerprint density at radius 1 is 1.24 bits per heavy atom. The summed E-state index contributed by atoms with van der Waals surface area (Å²) >= 11 is 0. The lowest BCUT2D eigenvalue weighted by Gasteiger charge is -2.35. The topological polar surface area (TPSA) is 56.6 Å². The van der Waals surface area contributed by atoms with Crippen molar-refractivity contribution in [3.8, 4) is 0 Å². The fraction of sp³-hybridized carbons (Fsp3) is 0.778. The molecule has 1 amide bonds. The molecular formula is C9H14F3N3O2. The summed E-state index contributed by atoms with van der Waals surface area (Å²) in [4.78, 5) is 13.5. The highest BCUT2D eigenvalue weighted by Crippen LogP contribution is 2.19. The van der Waals surface area contributed by atoms with Crippen molar-refractivity contribution in [1.82, 2.24) is 9.80 Å². The standard InChI is InChI=1S/C9H14F3N3O2/c1-2-17-8(16)15-5-3-14(4-6-15)7(13)9(10,11)12/h13H,2-6H2,1H3. The van der Waals surface area contributed by atoms with E-state index in [1.54, 1.807) is 6.92 Å². The summed E-state index contributed by atoms with van der Waals surface area (Å²) in [5.41, 5.74) is 0. The van der Waals surface area contributed by atoms with E-state index in [4.69, 9.17) is 10.1 Å². The van der Waals surface area contributed by atoms with Gasteiger partial charge >= 0.3 is 12.3 Å². The van der Waals surface area contributed by atoms with Crippen molar-refractivity contribution in [3.63, 3.8) is 0 Å². The van der Waals surface area contributed by atoms with Crippen LogP contribution in [-0.2, 0) is 4.74 Å². The van der Waals surface area contributed by atoms with Crippen molar-refractivity contribution >= 4 is 11.9 Å². The van der Waals surface area contributed by atoms with Crippen LogP contribution < -0.4 is 0 Å². The minimum Gasteiger partial charge on any atom is -0.450 e. The third-order valence-corrected chi connectivity index (χ3v) is 2.39. The average molecular weight is 253 g/mol. The third kappa shape index (κ3) is 3.50. The molecule has 0 aromatic carbocycles. The minimum atomic E-state index is -4.63. The summed E-state index contributed by atoms with van der Waals surface area (Å²) in [7, 11) is 0. The van der Waals surface area contributed by atoms with Gasteiger partial charge in [-0.25, -0.2) is 4.79 Å². The number of piperazine rings is 1. The molecule has 0 aromatic rings. The largest absolute Gasteiger partial charge is 0.450 e. The Bertz CT molecular complexity index is 298. The van der Waals surface area contributed by atoms with Gasteiger partial charge in [0.25, 0.3) is 0 Å². The second-order valence-electron chi connectivity index (χ2n) is 3.52. The monoisotopic (exact) mass is 253 g/mol. The predicted octanol–water partition coefficient (Wildman–Crippen LogP) is 1.30. The number of amidine groups is 1. The van der Waals surface area contributed by atoms with Crippen molar-refractivity contribution in [2.45, 2.75) is 13.1 Å². The molecule has 17 heavy (non-hydrogen) atoms. The highest BCUT2D eigenvalue weighted by molar-refractivity contribution is 5.84. The number of nitrogens with one attached hydrogen (secondary N) is 1. The highest BCUT2D eigenvalue weighted by Gasteiger charge is 2.39. The van der Waals surface area contributed by atoms with E-state index >= 15 is 0 Å². The molecule has 0 saturated carbocycles. The van der Waals surface area contributed by atoms with Crippen LogP contribution in [0.3, 0.4) is 0 Å². The van der Waals surface area contributed by atoms with Gasteiger partial charge in [0.1, 0.15) is 0 Å². The van der Waals surface area contributed by atoms with Gasteiger partial charge in [0, 0.05) is 26.2 Å². The van der Waals surface area contributed by atoms with Gasteiger partial charge in [0.05, 0.1) is 6.61 Å². The van der Waals surface area contributed by atoms with Gasteiger partial charge in [-0.2, -0.15) is 13.2 Å². The fourth-order valence-corrected chi connectivity index (χ4v) is 1.51. The van der Waals surface area contributed by atoms with Crippen LogP contribution >= 0.6 is 0 Å². The van der Waals surface area contributed by atoms with Gasteiger partial charge in [0.15, 0.2) is 0 Å². The molecule has 1 rings (SSSR count). The quantitative estimate of drug-likeness (QED) is 0.566. The number of carbonyl (C=O) groups is 1. The zero-order valence-electron chi connectivity index (χ0n) is 9.38. The number of carbonyl (C=O) groups excluding carboxylic acids is 1. The number of alkyl halides is 3. The lowest BCUT2D eigenvalue weighted by atomic mass is 10.3. The summed E-state index contributed by atoms with van der Waals surface area (Å²) in [5, 5.41) is 6.96. The SMILES string of the molecule is CCOC(=O)N1CCN(C(=N)C(F)(F)F)CC1. The second kappa shape index (κ2) is 5.24. The molecular weight excluding hydrogens is 239 g/mol. The molecule has 1 heterocycles. The van der Waals surface area contributed by atoms with Crippen molar-refractivity contribution in [3.05, 3.63) is 0 Å².